The van der Waals surface area contributed by atoms with Crippen molar-refractivity contribution in [1.82, 2.24) is 0 Å². The number of aliphatic carboxylic acids is 1. The molecule has 0 heterocycles. The molecule has 4 rings (SSSR count). The van der Waals surface area contributed by atoms with Crippen molar-refractivity contribution in [3.8, 4) is 0 Å². The highest BCUT2D eigenvalue weighted by Crippen LogP contribution is 2.69. The van der Waals surface area contributed by atoms with Crippen molar-refractivity contribution in [3.05, 3.63) is 0 Å². The van der Waals surface area contributed by atoms with Gasteiger partial charge in [-0.3, -0.25) is 0 Å². The summed E-state index contributed by atoms with van der Waals surface area (Å²) in [4.78, 5) is 11.3. The molecule has 30 heavy (non-hydrogen) atoms. The van der Waals surface area contributed by atoms with Crippen LogP contribution in [0.5, 0.6) is 0 Å². The molecule has 4 aliphatic rings. The number of carbonyl (C=O) groups is 1. The minimum absolute atomic E-state index is 0.0515. The Morgan fingerprint density at radius 2 is 1.83 bits per heavy atom. The molecule has 0 aromatic rings. The van der Waals surface area contributed by atoms with Gasteiger partial charge in [0.2, 0.25) is 0 Å². The summed E-state index contributed by atoms with van der Waals surface area (Å²) in [7, 11) is 0. The predicted octanol–water partition coefficient (Wildman–Crippen LogP) is 5.46. The van der Waals surface area contributed by atoms with E-state index >= 15 is 0 Å². The first-order chi connectivity index (χ1) is 16.0. The molecule has 0 saturated heterocycles. The summed E-state index contributed by atoms with van der Waals surface area (Å²) in [5.74, 6) is -3.76. The van der Waals surface area contributed by atoms with Gasteiger partial charge in [-0.2, -0.15) is 0 Å². The summed E-state index contributed by atoms with van der Waals surface area (Å²) in [5.41, 5.74) is -0.144. The molecule has 4 aliphatic carbocycles. The second kappa shape index (κ2) is 7.76. The maximum Gasteiger partial charge on any atom is 0.364 e. The Kier molecular flexibility index (Phi) is 4.38. The van der Waals surface area contributed by atoms with E-state index < -0.39 is 30.9 Å². The maximum absolute atomic E-state index is 11.3. The minimum atomic E-state index is -2.74. The summed E-state index contributed by atoms with van der Waals surface area (Å²) in [6.45, 7) is 3.84. The van der Waals surface area contributed by atoms with Gasteiger partial charge in [-0.1, -0.05) is 46.8 Å². The number of hydrogen-bond acceptors (Lipinski definition) is 3. The Morgan fingerprint density at radius 3 is 2.53 bits per heavy atom. The Labute approximate surface area is 189 Å². The SMILES string of the molecule is [2H]C([2H])([2H])C([2H])([2H])[C@H]1C[C@@H]2[C@H](CC[C@]3(C)[C@@H]([C@H](C)CC(O)(O)C(=O)O)CC[C@@H]23)[C@@]2(C)CCCC[C@@H]12. The van der Waals surface area contributed by atoms with Crippen molar-refractivity contribution in [2.24, 2.45) is 52.3 Å². The molecule has 4 heteroatoms. The van der Waals surface area contributed by atoms with Crippen LogP contribution in [0.4, 0.5) is 0 Å². The van der Waals surface area contributed by atoms with Crippen LogP contribution in [0.3, 0.4) is 0 Å². The highest BCUT2D eigenvalue weighted by molar-refractivity contribution is 5.74. The van der Waals surface area contributed by atoms with Crippen LogP contribution in [0.15, 0.2) is 0 Å². The lowest BCUT2D eigenvalue weighted by Crippen LogP contribution is -2.55. The first-order valence-electron chi connectivity index (χ1n) is 14.6. The number of hydrogen-bond donors (Lipinski definition) is 3. The molecule has 172 valence electrons. The lowest BCUT2D eigenvalue weighted by Gasteiger charge is -2.63. The molecule has 3 N–H and O–H groups in total. The Hall–Kier alpha value is -0.610. The molecular weight excluding hydrogens is 376 g/mol. The molecule has 0 amide bonds. The highest BCUT2D eigenvalue weighted by atomic mass is 16.5. The van der Waals surface area contributed by atoms with Gasteiger partial charge in [0, 0.05) is 13.3 Å². The average molecular weight is 426 g/mol. The van der Waals surface area contributed by atoms with E-state index in [4.69, 9.17) is 6.85 Å². The van der Waals surface area contributed by atoms with Crippen molar-refractivity contribution in [1.29, 1.82) is 0 Å². The topological polar surface area (TPSA) is 77.8 Å². The van der Waals surface area contributed by atoms with Gasteiger partial charge in [-0.15, -0.1) is 0 Å². The van der Waals surface area contributed by atoms with Crippen molar-refractivity contribution in [2.45, 2.75) is 104 Å². The second-order valence-electron chi connectivity index (χ2n) is 11.8. The maximum atomic E-state index is 11.3. The van der Waals surface area contributed by atoms with Crippen LogP contribution in [0.1, 0.15) is 105 Å². The molecule has 0 aromatic carbocycles. The fourth-order valence-corrected chi connectivity index (χ4v) is 9.21. The Balaban J connectivity index is 1.66. The van der Waals surface area contributed by atoms with E-state index in [9.17, 15) is 20.1 Å². The standard InChI is InChI=1S/C26H44O4/c1-5-17-14-18-21-10-9-19(16(2)15-26(29,30)23(27)28)25(21,4)13-11-22(18)24(3)12-7-6-8-20(17)24/h16-22,29-30H,5-15H2,1-4H3,(H,27,28)/t16-,17+,18+,19-,20+,21+,22+,24+,25-/m1/s1/i1D3,5D2. The van der Waals surface area contributed by atoms with Crippen molar-refractivity contribution in [2.75, 3.05) is 0 Å². The van der Waals surface area contributed by atoms with Crippen molar-refractivity contribution >= 4 is 5.97 Å². The van der Waals surface area contributed by atoms with Crippen LogP contribution in [0, 0.1) is 52.3 Å². The zero-order valence-corrected chi connectivity index (χ0v) is 18.9. The number of carboxylic acid groups (broad SMARTS) is 1. The van der Waals surface area contributed by atoms with Gasteiger partial charge in [0.05, 0.1) is 0 Å². The normalized spacial score (nSPS) is 50.5. The fraction of sp³-hybridized carbons (Fsp3) is 0.962. The first kappa shape index (κ1) is 16.9. The monoisotopic (exact) mass is 425 g/mol. The van der Waals surface area contributed by atoms with Gasteiger partial charge in [-0.25, -0.2) is 4.79 Å². The van der Waals surface area contributed by atoms with Gasteiger partial charge < -0.3 is 15.3 Å². The van der Waals surface area contributed by atoms with Gasteiger partial charge in [-0.05, 0) is 97.2 Å². The van der Waals surface area contributed by atoms with E-state index in [1.54, 1.807) is 0 Å². The van der Waals surface area contributed by atoms with Crippen LogP contribution in [-0.2, 0) is 4.79 Å². The van der Waals surface area contributed by atoms with E-state index in [2.05, 4.69) is 13.8 Å². The highest BCUT2D eigenvalue weighted by Gasteiger charge is 2.62. The zero-order chi connectivity index (χ0) is 26.2. The third-order valence-electron chi connectivity index (χ3n) is 10.5. The number of fused-ring (bicyclic) bond motifs is 5. The van der Waals surface area contributed by atoms with Crippen LogP contribution in [0.25, 0.3) is 0 Å². The summed E-state index contributed by atoms with van der Waals surface area (Å²) < 4.78 is 41.6. The number of carboxylic acids is 1. The third-order valence-corrected chi connectivity index (χ3v) is 10.5. The van der Waals surface area contributed by atoms with E-state index in [0.29, 0.717) is 18.3 Å². The third kappa shape index (κ3) is 3.36. The molecule has 9 atom stereocenters. The molecule has 0 radical (unpaired) electrons. The first-order valence-corrected chi connectivity index (χ1v) is 12.1. The van der Waals surface area contributed by atoms with Gasteiger partial charge in [0.1, 0.15) is 0 Å². The molecule has 0 spiro atoms. The van der Waals surface area contributed by atoms with Crippen LogP contribution >= 0.6 is 0 Å². The van der Waals surface area contributed by atoms with Gasteiger partial charge in [0.15, 0.2) is 0 Å². The van der Waals surface area contributed by atoms with Crippen LogP contribution in [0.2, 0.25) is 0 Å². The van der Waals surface area contributed by atoms with Gasteiger partial charge >= 0.3 is 5.97 Å². The minimum Gasteiger partial charge on any atom is -0.477 e. The molecule has 4 nitrogen and oxygen atoms in total. The van der Waals surface area contributed by atoms with E-state index in [0.717, 1.165) is 51.4 Å². The molecule has 0 bridgehead atoms. The molecular formula is C26H44O4. The molecule has 4 saturated carbocycles. The molecule has 0 aromatic heterocycles. The summed E-state index contributed by atoms with van der Waals surface area (Å²) in [6, 6.07) is 0. The summed E-state index contributed by atoms with van der Waals surface area (Å²) in [6.07, 6.45) is 6.14. The van der Waals surface area contributed by atoms with E-state index in [-0.39, 0.29) is 40.9 Å². The molecule has 0 unspecified atom stereocenters. The average Bonchev–Trinajstić information content (AvgIpc) is 3.09. The predicted molar refractivity (Wildman–Crippen MR) is 118 cm³/mol. The molecule has 4 fully saturated rings. The Morgan fingerprint density at radius 1 is 1.10 bits per heavy atom. The van der Waals surface area contributed by atoms with Gasteiger partial charge in [0.25, 0.3) is 5.79 Å². The van der Waals surface area contributed by atoms with Crippen LogP contribution < -0.4 is 0 Å². The summed E-state index contributed by atoms with van der Waals surface area (Å²) in [5, 5.41) is 29.2. The number of rotatable bonds is 5. The zero-order valence-electron chi connectivity index (χ0n) is 23.9. The van der Waals surface area contributed by atoms with Crippen LogP contribution in [-0.4, -0.2) is 27.1 Å². The van der Waals surface area contributed by atoms with E-state index in [1.807, 2.05) is 6.92 Å². The fourth-order valence-electron chi connectivity index (χ4n) is 9.21. The van der Waals surface area contributed by atoms with E-state index in [1.165, 1.54) is 0 Å². The van der Waals surface area contributed by atoms with Crippen molar-refractivity contribution < 1.29 is 27.0 Å². The summed E-state index contributed by atoms with van der Waals surface area (Å²) >= 11 is 0. The van der Waals surface area contributed by atoms with Crippen molar-refractivity contribution in [3.63, 3.8) is 0 Å². The second-order valence-corrected chi connectivity index (χ2v) is 11.8. The largest absolute Gasteiger partial charge is 0.477 e. The lowest BCUT2D eigenvalue weighted by molar-refractivity contribution is -0.211. The lowest BCUT2D eigenvalue weighted by atomic mass is 9.42. The Bertz CT molecular complexity index is 829. The smallest absolute Gasteiger partial charge is 0.364 e. The molecule has 0 aliphatic heterocycles. The number of aliphatic hydroxyl groups is 2. The quantitative estimate of drug-likeness (QED) is 0.511.